The van der Waals surface area contributed by atoms with E-state index >= 15 is 0 Å². The molecule has 2 saturated carbocycles. The Labute approximate surface area is 89.9 Å². The highest BCUT2D eigenvalue weighted by Gasteiger charge is 2.71. The van der Waals surface area contributed by atoms with Gasteiger partial charge in [0.25, 0.3) is 0 Å². The average molecular weight is 235 g/mol. The normalized spacial score (nSPS) is 54.5. The fraction of sp³-hybridized carbons (Fsp3) is 1.00. The van der Waals surface area contributed by atoms with E-state index in [2.05, 4.69) is 0 Å². The third-order valence-electron chi connectivity index (χ3n) is 4.86. The molecular weight excluding hydrogens is 220 g/mol. The van der Waals surface area contributed by atoms with Gasteiger partial charge in [0.2, 0.25) is 0 Å². The quantitative estimate of drug-likeness (QED) is 0.603. The molecule has 2 aliphatic carbocycles. The van der Waals surface area contributed by atoms with Crippen LogP contribution in [0.5, 0.6) is 0 Å². The molecule has 0 N–H and O–H groups in total. The fourth-order valence-corrected chi connectivity index (χ4v) is 7.33. The minimum atomic E-state index is -3.00. The first-order valence-corrected chi connectivity index (χ1v) is 7.53. The van der Waals surface area contributed by atoms with Crippen LogP contribution in [-0.2, 0) is 9.84 Å². The van der Waals surface area contributed by atoms with Crippen LogP contribution in [0.15, 0.2) is 0 Å². The SMILES string of the molecule is O=S1(=O)C[C@@]23CCCC[C@]2(CC3)[C@H]1Cl. The predicted octanol–water partition coefficient (Wildman–Crippen LogP) is 2.32. The van der Waals surface area contributed by atoms with Crippen molar-refractivity contribution >= 4 is 21.4 Å². The molecule has 3 rings (SSSR count). The summed E-state index contributed by atoms with van der Waals surface area (Å²) in [5, 5.41) is 0. The molecule has 14 heavy (non-hydrogen) atoms. The summed E-state index contributed by atoms with van der Waals surface area (Å²) in [6, 6.07) is 0. The van der Waals surface area contributed by atoms with Crippen molar-refractivity contribution < 1.29 is 8.42 Å². The van der Waals surface area contributed by atoms with Gasteiger partial charge in [0.1, 0.15) is 4.71 Å². The Morgan fingerprint density at radius 2 is 1.79 bits per heavy atom. The Bertz CT molecular complexity index is 378. The minimum Gasteiger partial charge on any atom is -0.227 e. The van der Waals surface area contributed by atoms with Gasteiger partial charge in [0, 0.05) is 5.41 Å². The van der Waals surface area contributed by atoms with E-state index < -0.39 is 14.5 Å². The van der Waals surface area contributed by atoms with Crippen LogP contribution in [0.3, 0.4) is 0 Å². The molecule has 1 saturated heterocycles. The van der Waals surface area contributed by atoms with Gasteiger partial charge in [0.05, 0.1) is 5.75 Å². The molecular formula is C10H15ClO2S. The fourth-order valence-electron chi connectivity index (χ4n) is 4.03. The summed E-state index contributed by atoms with van der Waals surface area (Å²) in [7, 11) is -3.00. The van der Waals surface area contributed by atoms with E-state index in [-0.39, 0.29) is 10.8 Å². The summed E-state index contributed by atoms with van der Waals surface area (Å²) in [6.45, 7) is 0. The zero-order valence-corrected chi connectivity index (χ0v) is 9.70. The van der Waals surface area contributed by atoms with Crippen LogP contribution in [0.25, 0.3) is 0 Å². The smallest absolute Gasteiger partial charge is 0.168 e. The van der Waals surface area contributed by atoms with Crippen molar-refractivity contribution in [2.24, 2.45) is 10.8 Å². The molecule has 3 aliphatic rings. The molecule has 80 valence electrons. The van der Waals surface area contributed by atoms with Crippen molar-refractivity contribution in [3.05, 3.63) is 0 Å². The molecule has 1 aliphatic heterocycles. The van der Waals surface area contributed by atoms with Crippen molar-refractivity contribution in [1.29, 1.82) is 0 Å². The summed E-state index contributed by atoms with van der Waals surface area (Å²) < 4.78 is 23.1. The maximum absolute atomic E-state index is 11.8. The van der Waals surface area contributed by atoms with Gasteiger partial charge in [-0.3, -0.25) is 0 Å². The first-order chi connectivity index (χ1) is 6.53. The van der Waals surface area contributed by atoms with Crippen molar-refractivity contribution in [2.45, 2.75) is 43.2 Å². The molecule has 3 fully saturated rings. The Kier molecular flexibility index (Phi) is 1.68. The lowest BCUT2D eigenvalue weighted by Crippen LogP contribution is -2.54. The van der Waals surface area contributed by atoms with Gasteiger partial charge in [-0.15, -0.1) is 11.6 Å². The lowest BCUT2D eigenvalue weighted by molar-refractivity contribution is -0.0769. The van der Waals surface area contributed by atoms with E-state index in [1.54, 1.807) is 0 Å². The number of alkyl halides is 1. The van der Waals surface area contributed by atoms with Gasteiger partial charge in [-0.25, -0.2) is 8.42 Å². The Morgan fingerprint density at radius 3 is 2.36 bits per heavy atom. The lowest BCUT2D eigenvalue weighted by Gasteiger charge is -2.58. The Hall–Kier alpha value is 0.240. The maximum Gasteiger partial charge on any atom is 0.168 e. The van der Waals surface area contributed by atoms with Crippen LogP contribution in [0.2, 0.25) is 0 Å². The van der Waals surface area contributed by atoms with Crippen molar-refractivity contribution in [2.75, 3.05) is 5.75 Å². The molecule has 2 nitrogen and oxygen atoms in total. The highest BCUT2D eigenvalue weighted by atomic mass is 35.5. The zero-order valence-electron chi connectivity index (χ0n) is 8.13. The summed E-state index contributed by atoms with van der Waals surface area (Å²) in [6.07, 6.45) is 6.63. The second-order valence-electron chi connectivity index (χ2n) is 5.27. The number of rotatable bonds is 0. The largest absolute Gasteiger partial charge is 0.227 e. The van der Waals surface area contributed by atoms with Gasteiger partial charge in [-0.1, -0.05) is 12.8 Å². The topological polar surface area (TPSA) is 34.1 Å². The molecule has 1 heterocycles. The first-order valence-electron chi connectivity index (χ1n) is 5.38. The van der Waals surface area contributed by atoms with E-state index in [1.165, 1.54) is 12.8 Å². The summed E-state index contributed by atoms with van der Waals surface area (Å²) in [5.74, 6) is 0.369. The average Bonchev–Trinajstić information content (AvgIpc) is 2.23. The van der Waals surface area contributed by atoms with Crippen LogP contribution >= 0.6 is 11.6 Å². The summed E-state index contributed by atoms with van der Waals surface area (Å²) in [5.41, 5.74) is 0.0716. The van der Waals surface area contributed by atoms with E-state index in [0.29, 0.717) is 5.75 Å². The second-order valence-corrected chi connectivity index (χ2v) is 8.05. The third-order valence-corrected chi connectivity index (χ3v) is 8.13. The molecule has 4 heteroatoms. The number of hydrogen-bond acceptors (Lipinski definition) is 2. The molecule has 0 spiro atoms. The van der Waals surface area contributed by atoms with Crippen molar-refractivity contribution in [3.8, 4) is 0 Å². The Balaban J connectivity index is 2.12. The van der Waals surface area contributed by atoms with Crippen molar-refractivity contribution in [1.82, 2.24) is 0 Å². The van der Waals surface area contributed by atoms with Crippen LogP contribution < -0.4 is 0 Å². The van der Waals surface area contributed by atoms with Gasteiger partial charge in [-0.05, 0) is 31.1 Å². The maximum atomic E-state index is 11.8. The highest BCUT2D eigenvalue weighted by molar-refractivity contribution is 7.93. The molecule has 0 aromatic heterocycles. The zero-order chi connectivity index (χ0) is 10.0. The molecule has 0 unspecified atom stereocenters. The molecule has 3 atom stereocenters. The van der Waals surface area contributed by atoms with Gasteiger partial charge in [-0.2, -0.15) is 0 Å². The molecule has 0 amide bonds. The molecule has 0 aromatic carbocycles. The highest BCUT2D eigenvalue weighted by Crippen LogP contribution is 2.72. The van der Waals surface area contributed by atoms with E-state index in [0.717, 1.165) is 25.7 Å². The monoisotopic (exact) mass is 234 g/mol. The minimum absolute atomic E-state index is 0.0222. The summed E-state index contributed by atoms with van der Waals surface area (Å²) in [4.78, 5) is 0. The lowest BCUT2D eigenvalue weighted by atomic mass is 9.45. The van der Waals surface area contributed by atoms with Gasteiger partial charge < -0.3 is 0 Å². The van der Waals surface area contributed by atoms with Crippen LogP contribution in [0.1, 0.15) is 38.5 Å². The number of hydrogen-bond donors (Lipinski definition) is 0. The predicted molar refractivity (Wildman–Crippen MR) is 56.0 cm³/mol. The van der Waals surface area contributed by atoms with Gasteiger partial charge in [0.15, 0.2) is 9.84 Å². The third kappa shape index (κ3) is 0.827. The summed E-state index contributed by atoms with van der Waals surface area (Å²) >= 11 is 6.17. The Morgan fingerprint density at radius 1 is 1.07 bits per heavy atom. The van der Waals surface area contributed by atoms with E-state index in [9.17, 15) is 8.42 Å². The standard InChI is InChI=1S/C10H15ClO2S/c11-8-10-4-2-1-3-9(10,5-6-10)7-14(8,12)13/h8H,1-7H2/t8-,9-,10-/m0/s1. The van der Waals surface area contributed by atoms with Crippen LogP contribution in [0.4, 0.5) is 0 Å². The molecule has 0 radical (unpaired) electrons. The first kappa shape index (κ1) is 9.46. The van der Waals surface area contributed by atoms with Crippen LogP contribution in [-0.4, -0.2) is 18.9 Å². The van der Waals surface area contributed by atoms with Crippen molar-refractivity contribution in [3.63, 3.8) is 0 Å². The van der Waals surface area contributed by atoms with E-state index in [4.69, 9.17) is 11.6 Å². The number of halogens is 1. The van der Waals surface area contributed by atoms with E-state index in [1.807, 2.05) is 0 Å². The second kappa shape index (κ2) is 2.49. The van der Waals surface area contributed by atoms with Crippen LogP contribution in [0, 0.1) is 10.8 Å². The molecule has 0 bridgehead atoms. The number of sulfone groups is 1. The molecule has 0 aromatic rings. The van der Waals surface area contributed by atoms with Gasteiger partial charge >= 0.3 is 0 Å².